The van der Waals surface area contributed by atoms with E-state index in [1.165, 1.54) is 6.07 Å². The predicted octanol–water partition coefficient (Wildman–Crippen LogP) is 2.35. The van der Waals surface area contributed by atoms with Crippen LogP contribution in [0.1, 0.15) is 25.5 Å². The molecule has 1 N–H and O–H groups in total. The van der Waals surface area contributed by atoms with Crippen LogP contribution in [0.5, 0.6) is 0 Å². The van der Waals surface area contributed by atoms with Gasteiger partial charge in [0.15, 0.2) is 0 Å². The molecule has 0 aliphatic rings. The number of nitrogens with zero attached hydrogens (tertiary/aromatic N) is 1. The first-order valence-corrected chi connectivity index (χ1v) is 5.83. The highest BCUT2D eigenvalue weighted by atomic mass is 19.1. The summed E-state index contributed by atoms with van der Waals surface area (Å²) in [6.45, 7) is 5.34. The summed E-state index contributed by atoms with van der Waals surface area (Å²) >= 11 is 0. The number of hydrogen-bond acceptors (Lipinski definition) is 3. The minimum absolute atomic E-state index is 0.317. The third kappa shape index (κ3) is 3.68. The van der Waals surface area contributed by atoms with Crippen LogP contribution in [0.4, 0.5) is 10.1 Å². The molecule has 1 aromatic carbocycles. The maximum atomic E-state index is 13.8. The van der Waals surface area contributed by atoms with Gasteiger partial charge in [-0.15, -0.1) is 0 Å². The highest BCUT2D eigenvalue weighted by Gasteiger charge is 2.15. The van der Waals surface area contributed by atoms with Gasteiger partial charge in [-0.3, -0.25) is 0 Å². The van der Waals surface area contributed by atoms with E-state index in [1.54, 1.807) is 31.0 Å². The fraction of sp³-hybridized carbons (Fsp3) is 0.538. The van der Waals surface area contributed by atoms with Gasteiger partial charge in [-0.05, 0) is 19.9 Å². The summed E-state index contributed by atoms with van der Waals surface area (Å²) in [6.07, 6.45) is -0.685. The summed E-state index contributed by atoms with van der Waals surface area (Å²) in [5.74, 6) is -0.317. The normalized spacial score (nSPS) is 12.5. The highest BCUT2D eigenvalue weighted by molar-refractivity contribution is 5.55. The van der Waals surface area contributed by atoms with Gasteiger partial charge in [-0.25, -0.2) is 4.39 Å². The number of rotatable bonds is 6. The monoisotopic (exact) mass is 241 g/mol. The Balaban J connectivity index is 2.87. The van der Waals surface area contributed by atoms with Gasteiger partial charge < -0.3 is 14.7 Å². The van der Waals surface area contributed by atoms with E-state index in [1.807, 2.05) is 6.92 Å². The second-order valence-corrected chi connectivity index (χ2v) is 3.97. The smallest absolute Gasteiger partial charge is 0.146 e. The molecule has 0 saturated heterocycles. The Morgan fingerprint density at radius 2 is 2.18 bits per heavy atom. The number of hydrogen-bond donors (Lipinski definition) is 1. The van der Waals surface area contributed by atoms with Crippen LogP contribution in [0, 0.1) is 5.82 Å². The third-order valence-corrected chi connectivity index (χ3v) is 2.62. The van der Waals surface area contributed by atoms with Gasteiger partial charge in [-0.2, -0.15) is 0 Å². The molecule has 0 fully saturated rings. The number of likely N-dealkylation sites (N-methyl/N-ethyl adjacent to an activating group) is 1. The van der Waals surface area contributed by atoms with Crippen LogP contribution in [0.25, 0.3) is 0 Å². The van der Waals surface area contributed by atoms with Crippen LogP contribution < -0.4 is 4.90 Å². The van der Waals surface area contributed by atoms with Crippen LogP contribution in [-0.2, 0) is 4.74 Å². The Morgan fingerprint density at radius 1 is 1.47 bits per heavy atom. The Kier molecular flexibility index (Phi) is 5.38. The zero-order valence-corrected chi connectivity index (χ0v) is 10.6. The quantitative estimate of drug-likeness (QED) is 0.776. The molecule has 0 aromatic heterocycles. The summed E-state index contributed by atoms with van der Waals surface area (Å²) in [6, 6.07) is 4.75. The summed E-state index contributed by atoms with van der Waals surface area (Å²) in [4.78, 5) is 1.77. The molecule has 17 heavy (non-hydrogen) atoms. The standard InChI is InChI=1S/C13H20FNO2/c1-4-17-9-8-15(3)13-11(10(2)16)6-5-7-12(13)14/h5-7,10,16H,4,8-9H2,1-3H3/t10-/m1/s1. The minimum Gasteiger partial charge on any atom is -0.389 e. The van der Waals surface area contributed by atoms with Crippen LogP contribution >= 0.6 is 0 Å². The van der Waals surface area contributed by atoms with E-state index >= 15 is 0 Å². The molecule has 0 saturated carbocycles. The van der Waals surface area contributed by atoms with E-state index in [0.29, 0.717) is 31.0 Å². The van der Waals surface area contributed by atoms with E-state index in [0.717, 1.165) is 0 Å². The molecular weight excluding hydrogens is 221 g/mol. The van der Waals surface area contributed by atoms with Crippen molar-refractivity contribution in [3.05, 3.63) is 29.6 Å². The molecule has 0 heterocycles. The summed E-state index contributed by atoms with van der Waals surface area (Å²) < 4.78 is 19.0. The van der Waals surface area contributed by atoms with Gasteiger partial charge in [-0.1, -0.05) is 12.1 Å². The molecule has 4 heteroatoms. The molecule has 0 bridgehead atoms. The second kappa shape index (κ2) is 6.57. The second-order valence-electron chi connectivity index (χ2n) is 3.97. The fourth-order valence-electron chi connectivity index (χ4n) is 1.73. The average molecular weight is 241 g/mol. The van der Waals surface area contributed by atoms with Crippen LogP contribution in [0.15, 0.2) is 18.2 Å². The van der Waals surface area contributed by atoms with Crippen molar-refractivity contribution < 1.29 is 14.2 Å². The van der Waals surface area contributed by atoms with E-state index in [9.17, 15) is 9.50 Å². The van der Waals surface area contributed by atoms with Crippen molar-refractivity contribution >= 4 is 5.69 Å². The first-order valence-electron chi connectivity index (χ1n) is 5.83. The SMILES string of the molecule is CCOCCN(C)c1c(F)cccc1[C@@H](C)O. The lowest BCUT2D eigenvalue weighted by molar-refractivity contribution is 0.154. The highest BCUT2D eigenvalue weighted by Crippen LogP contribution is 2.28. The predicted molar refractivity (Wildman–Crippen MR) is 66.8 cm³/mol. The lowest BCUT2D eigenvalue weighted by Crippen LogP contribution is -2.25. The number of anilines is 1. The molecule has 0 amide bonds. The molecule has 0 radical (unpaired) electrons. The molecular formula is C13H20FNO2. The van der Waals surface area contributed by atoms with Crippen molar-refractivity contribution in [1.82, 2.24) is 0 Å². The van der Waals surface area contributed by atoms with E-state index in [-0.39, 0.29) is 5.82 Å². The van der Waals surface area contributed by atoms with E-state index in [2.05, 4.69) is 0 Å². The number of aliphatic hydroxyl groups is 1. The number of halogens is 1. The van der Waals surface area contributed by atoms with Crippen molar-refractivity contribution in [2.75, 3.05) is 31.7 Å². The van der Waals surface area contributed by atoms with Crippen molar-refractivity contribution in [1.29, 1.82) is 0 Å². The van der Waals surface area contributed by atoms with Gasteiger partial charge in [0.25, 0.3) is 0 Å². The van der Waals surface area contributed by atoms with Gasteiger partial charge in [0.2, 0.25) is 0 Å². The summed E-state index contributed by atoms with van der Waals surface area (Å²) in [7, 11) is 1.79. The fourth-order valence-corrected chi connectivity index (χ4v) is 1.73. The number of benzene rings is 1. The molecule has 1 atom stereocenters. The largest absolute Gasteiger partial charge is 0.389 e. The Morgan fingerprint density at radius 3 is 2.76 bits per heavy atom. The minimum atomic E-state index is -0.685. The number of para-hydroxylation sites is 1. The molecule has 3 nitrogen and oxygen atoms in total. The summed E-state index contributed by atoms with van der Waals surface area (Å²) in [5.41, 5.74) is 1.05. The lowest BCUT2D eigenvalue weighted by Gasteiger charge is -2.24. The molecule has 0 spiro atoms. The van der Waals surface area contributed by atoms with Crippen LogP contribution in [0.2, 0.25) is 0 Å². The van der Waals surface area contributed by atoms with Crippen LogP contribution in [0.3, 0.4) is 0 Å². The molecule has 96 valence electrons. The van der Waals surface area contributed by atoms with Crippen molar-refractivity contribution in [3.63, 3.8) is 0 Å². The Bertz CT molecular complexity index is 355. The van der Waals surface area contributed by atoms with Gasteiger partial charge in [0.1, 0.15) is 5.82 Å². The molecule has 0 unspecified atom stereocenters. The zero-order valence-electron chi connectivity index (χ0n) is 10.6. The van der Waals surface area contributed by atoms with Gasteiger partial charge >= 0.3 is 0 Å². The van der Waals surface area contributed by atoms with E-state index in [4.69, 9.17) is 4.74 Å². The zero-order chi connectivity index (χ0) is 12.8. The maximum absolute atomic E-state index is 13.8. The van der Waals surface area contributed by atoms with Crippen molar-refractivity contribution in [3.8, 4) is 0 Å². The number of aliphatic hydroxyl groups excluding tert-OH is 1. The Labute approximate surface area is 102 Å². The Hall–Kier alpha value is -1.13. The summed E-state index contributed by atoms with van der Waals surface area (Å²) in [5, 5.41) is 9.62. The molecule has 0 aliphatic carbocycles. The topological polar surface area (TPSA) is 32.7 Å². The first-order chi connectivity index (χ1) is 8.07. The first kappa shape index (κ1) is 13.9. The molecule has 1 rings (SSSR count). The van der Waals surface area contributed by atoms with Crippen molar-refractivity contribution in [2.24, 2.45) is 0 Å². The van der Waals surface area contributed by atoms with Crippen LogP contribution in [-0.4, -0.2) is 31.9 Å². The van der Waals surface area contributed by atoms with Crippen molar-refractivity contribution in [2.45, 2.75) is 20.0 Å². The number of ether oxygens (including phenoxy) is 1. The lowest BCUT2D eigenvalue weighted by atomic mass is 10.1. The van der Waals surface area contributed by atoms with Gasteiger partial charge in [0.05, 0.1) is 18.4 Å². The third-order valence-electron chi connectivity index (χ3n) is 2.62. The molecule has 1 aromatic rings. The average Bonchev–Trinajstić information content (AvgIpc) is 2.28. The van der Waals surface area contributed by atoms with E-state index < -0.39 is 6.10 Å². The van der Waals surface area contributed by atoms with Gasteiger partial charge in [0, 0.05) is 25.8 Å². The maximum Gasteiger partial charge on any atom is 0.146 e. The molecule has 0 aliphatic heterocycles.